The number of rotatable bonds is 4. The molecule has 0 amide bonds. The first kappa shape index (κ1) is 14.9. The molecule has 5 heteroatoms. The normalized spacial score (nSPS) is 23.4. The standard InChI is InChI=1S/C14H20BFO2S/c1-10-3-2-4-13(7-10)19-9-11-5-6-12(16)8-14(11)15(17)18/h5-6,8,10,13,17-18H,2-4,7,9H2,1H3. The largest absolute Gasteiger partial charge is 0.488 e. The Morgan fingerprint density at radius 2 is 2.16 bits per heavy atom. The lowest BCUT2D eigenvalue weighted by Crippen LogP contribution is -2.33. The average Bonchev–Trinajstić information content (AvgIpc) is 2.37. The van der Waals surface area contributed by atoms with Gasteiger partial charge in [-0.05, 0) is 41.9 Å². The highest BCUT2D eigenvalue weighted by atomic mass is 32.2. The first-order valence-electron chi connectivity index (χ1n) is 6.82. The Morgan fingerprint density at radius 3 is 2.84 bits per heavy atom. The maximum atomic E-state index is 13.1. The van der Waals surface area contributed by atoms with Gasteiger partial charge in [0.05, 0.1) is 0 Å². The summed E-state index contributed by atoms with van der Waals surface area (Å²) < 4.78 is 13.1. The summed E-state index contributed by atoms with van der Waals surface area (Å²) in [5.41, 5.74) is 1.11. The minimum Gasteiger partial charge on any atom is -0.423 e. The van der Waals surface area contributed by atoms with Crippen molar-refractivity contribution in [2.75, 3.05) is 0 Å². The highest BCUT2D eigenvalue weighted by Crippen LogP contribution is 2.33. The second kappa shape index (κ2) is 6.77. The minimum atomic E-state index is -1.60. The lowest BCUT2D eigenvalue weighted by molar-refractivity contribution is 0.394. The van der Waals surface area contributed by atoms with E-state index >= 15 is 0 Å². The van der Waals surface area contributed by atoms with Crippen LogP contribution in [0.15, 0.2) is 18.2 Å². The van der Waals surface area contributed by atoms with Gasteiger partial charge in [-0.3, -0.25) is 0 Å². The Morgan fingerprint density at radius 1 is 1.37 bits per heavy atom. The molecule has 2 rings (SSSR count). The summed E-state index contributed by atoms with van der Waals surface area (Å²) in [4.78, 5) is 0. The van der Waals surface area contributed by atoms with Crippen molar-refractivity contribution in [1.82, 2.24) is 0 Å². The zero-order valence-electron chi connectivity index (χ0n) is 11.2. The molecule has 2 unspecified atom stereocenters. The number of benzene rings is 1. The van der Waals surface area contributed by atoms with Crippen molar-refractivity contribution in [3.63, 3.8) is 0 Å². The Balaban J connectivity index is 1.99. The minimum absolute atomic E-state index is 0.288. The molecule has 2 N–H and O–H groups in total. The summed E-state index contributed by atoms with van der Waals surface area (Å²) in [6.07, 6.45) is 5.04. The summed E-state index contributed by atoms with van der Waals surface area (Å²) in [6, 6.07) is 4.25. The van der Waals surface area contributed by atoms with Gasteiger partial charge in [0.15, 0.2) is 0 Å². The lowest BCUT2D eigenvalue weighted by Gasteiger charge is -2.26. The third kappa shape index (κ3) is 4.23. The van der Waals surface area contributed by atoms with E-state index in [1.54, 1.807) is 6.07 Å². The molecule has 2 nitrogen and oxygen atoms in total. The fourth-order valence-electron chi connectivity index (χ4n) is 2.68. The van der Waals surface area contributed by atoms with E-state index in [4.69, 9.17) is 0 Å². The second-order valence-electron chi connectivity index (χ2n) is 5.42. The van der Waals surface area contributed by atoms with Gasteiger partial charge < -0.3 is 10.0 Å². The van der Waals surface area contributed by atoms with Crippen LogP contribution in [0, 0.1) is 11.7 Å². The molecule has 1 aromatic carbocycles. The van der Waals surface area contributed by atoms with Crippen LogP contribution in [-0.4, -0.2) is 22.4 Å². The summed E-state index contributed by atoms with van der Waals surface area (Å²) in [5, 5.41) is 19.2. The molecule has 0 bridgehead atoms. The highest BCUT2D eigenvalue weighted by molar-refractivity contribution is 7.99. The van der Waals surface area contributed by atoms with Crippen LogP contribution in [0.5, 0.6) is 0 Å². The van der Waals surface area contributed by atoms with Crippen LogP contribution in [0.25, 0.3) is 0 Å². The van der Waals surface area contributed by atoms with Crippen molar-refractivity contribution in [3.05, 3.63) is 29.6 Å². The van der Waals surface area contributed by atoms with Gasteiger partial charge in [0.2, 0.25) is 0 Å². The van der Waals surface area contributed by atoms with Crippen LogP contribution in [0.2, 0.25) is 0 Å². The Hall–Kier alpha value is -0.515. The number of hydrogen-bond acceptors (Lipinski definition) is 3. The van der Waals surface area contributed by atoms with E-state index < -0.39 is 12.9 Å². The van der Waals surface area contributed by atoms with E-state index in [-0.39, 0.29) is 5.46 Å². The number of hydrogen-bond donors (Lipinski definition) is 2. The van der Waals surface area contributed by atoms with E-state index in [1.807, 2.05) is 11.8 Å². The Bertz CT molecular complexity index is 428. The van der Waals surface area contributed by atoms with E-state index in [1.165, 1.54) is 37.8 Å². The summed E-state index contributed by atoms with van der Waals surface area (Å²) in [7, 11) is -1.60. The zero-order valence-corrected chi connectivity index (χ0v) is 12.0. The van der Waals surface area contributed by atoms with Gasteiger partial charge in [0, 0.05) is 11.0 Å². The molecule has 0 radical (unpaired) electrons. The van der Waals surface area contributed by atoms with Gasteiger partial charge in [-0.25, -0.2) is 4.39 Å². The molecular formula is C14H20BFO2S. The fourth-order valence-corrected chi connectivity index (χ4v) is 4.15. The van der Waals surface area contributed by atoms with Crippen LogP contribution < -0.4 is 5.46 Å². The van der Waals surface area contributed by atoms with Gasteiger partial charge in [-0.2, -0.15) is 11.8 Å². The van der Waals surface area contributed by atoms with Gasteiger partial charge >= 0.3 is 7.12 Å². The molecule has 1 aliphatic rings. The van der Waals surface area contributed by atoms with Crippen molar-refractivity contribution >= 4 is 24.3 Å². The third-order valence-corrected chi connectivity index (χ3v) is 5.13. The number of thioether (sulfide) groups is 1. The molecule has 0 spiro atoms. The van der Waals surface area contributed by atoms with E-state index in [0.717, 1.165) is 11.5 Å². The quantitative estimate of drug-likeness (QED) is 0.833. The topological polar surface area (TPSA) is 40.5 Å². The summed E-state index contributed by atoms with van der Waals surface area (Å²) in [6.45, 7) is 2.29. The maximum absolute atomic E-state index is 13.1. The van der Waals surface area contributed by atoms with Gasteiger partial charge in [-0.15, -0.1) is 0 Å². The molecule has 1 aromatic rings. The van der Waals surface area contributed by atoms with Gasteiger partial charge in [-0.1, -0.05) is 25.8 Å². The van der Waals surface area contributed by atoms with Crippen LogP contribution in [0.1, 0.15) is 38.2 Å². The molecule has 0 saturated heterocycles. The molecule has 0 heterocycles. The van der Waals surface area contributed by atoms with Crippen molar-refractivity contribution in [3.8, 4) is 0 Å². The molecule has 104 valence electrons. The molecule has 2 atom stereocenters. The summed E-state index contributed by atoms with van der Waals surface area (Å²) in [5.74, 6) is 1.07. The molecular weight excluding hydrogens is 262 g/mol. The van der Waals surface area contributed by atoms with Crippen LogP contribution in [0.3, 0.4) is 0 Å². The Labute approximate surface area is 118 Å². The predicted molar refractivity (Wildman–Crippen MR) is 78.9 cm³/mol. The van der Waals surface area contributed by atoms with Crippen LogP contribution in [0.4, 0.5) is 4.39 Å². The van der Waals surface area contributed by atoms with E-state index in [0.29, 0.717) is 11.0 Å². The van der Waals surface area contributed by atoms with E-state index in [9.17, 15) is 14.4 Å². The zero-order chi connectivity index (χ0) is 13.8. The molecule has 1 aliphatic carbocycles. The Kier molecular flexibility index (Phi) is 5.31. The lowest BCUT2D eigenvalue weighted by atomic mass is 9.77. The highest BCUT2D eigenvalue weighted by Gasteiger charge is 2.21. The molecule has 1 saturated carbocycles. The van der Waals surface area contributed by atoms with Crippen molar-refractivity contribution < 1.29 is 14.4 Å². The average molecular weight is 282 g/mol. The maximum Gasteiger partial charge on any atom is 0.488 e. The van der Waals surface area contributed by atoms with Crippen molar-refractivity contribution in [2.45, 2.75) is 43.6 Å². The molecule has 0 aliphatic heterocycles. The first-order valence-corrected chi connectivity index (χ1v) is 7.87. The molecule has 1 fully saturated rings. The SMILES string of the molecule is CC1CCCC(SCc2ccc(F)cc2B(O)O)C1. The van der Waals surface area contributed by atoms with Crippen molar-refractivity contribution in [1.29, 1.82) is 0 Å². The van der Waals surface area contributed by atoms with Crippen LogP contribution >= 0.6 is 11.8 Å². The van der Waals surface area contributed by atoms with Crippen LogP contribution in [-0.2, 0) is 5.75 Å². The van der Waals surface area contributed by atoms with Crippen molar-refractivity contribution in [2.24, 2.45) is 5.92 Å². The van der Waals surface area contributed by atoms with Gasteiger partial charge in [0.25, 0.3) is 0 Å². The van der Waals surface area contributed by atoms with Gasteiger partial charge in [0.1, 0.15) is 5.82 Å². The monoisotopic (exact) mass is 282 g/mol. The predicted octanol–water partition coefficient (Wildman–Crippen LogP) is 2.32. The molecule has 19 heavy (non-hydrogen) atoms. The molecule has 0 aromatic heterocycles. The third-order valence-electron chi connectivity index (χ3n) is 3.75. The summed E-state index contributed by atoms with van der Waals surface area (Å²) >= 11 is 1.85. The second-order valence-corrected chi connectivity index (χ2v) is 6.71. The smallest absolute Gasteiger partial charge is 0.423 e. The first-order chi connectivity index (χ1) is 9.06. The van der Waals surface area contributed by atoms with E-state index in [2.05, 4.69) is 6.92 Å². The fraction of sp³-hybridized carbons (Fsp3) is 0.571. The number of halogens is 1.